The second kappa shape index (κ2) is 7.88. The van der Waals surface area contributed by atoms with Crippen molar-refractivity contribution in [3.63, 3.8) is 0 Å². The van der Waals surface area contributed by atoms with Crippen LogP contribution in [0.5, 0.6) is 0 Å². The van der Waals surface area contributed by atoms with Crippen molar-refractivity contribution >= 4 is 23.4 Å². The third-order valence-corrected chi connectivity index (χ3v) is 4.99. The second-order valence-electron chi connectivity index (χ2n) is 5.26. The maximum absolute atomic E-state index is 6.39. The Bertz CT molecular complexity index is 610. The van der Waals surface area contributed by atoms with Crippen molar-refractivity contribution in [1.82, 2.24) is 5.32 Å². The monoisotopic (exact) mass is 319 g/mol. The van der Waals surface area contributed by atoms with Gasteiger partial charge < -0.3 is 5.32 Å². The summed E-state index contributed by atoms with van der Waals surface area (Å²) in [6.45, 7) is 8.29. The SMILES string of the molecule is CCCNCc1c(Cl)cccc1Sc1ccc(C)cc1C. The number of halogens is 1. The van der Waals surface area contributed by atoms with Crippen LogP contribution in [-0.4, -0.2) is 6.54 Å². The number of benzene rings is 2. The minimum atomic E-state index is 0.820. The summed E-state index contributed by atoms with van der Waals surface area (Å²) in [7, 11) is 0. The fraction of sp³-hybridized carbons (Fsp3) is 0.333. The molecule has 2 aromatic carbocycles. The van der Waals surface area contributed by atoms with Gasteiger partial charge in [-0.25, -0.2) is 0 Å². The molecule has 0 aliphatic heterocycles. The molecule has 0 spiro atoms. The number of aryl methyl sites for hydroxylation is 2. The van der Waals surface area contributed by atoms with E-state index < -0.39 is 0 Å². The van der Waals surface area contributed by atoms with E-state index in [-0.39, 0.29) is 0 Å². The highest BCUT2D eigenvalue weighted by Crippen LogP contribution is 2.35. The molecule has 1 nitrogen and oxygen atoms in total. The molecule has 0 saturated heterocycles. The van der Waals surface area contributed by atoms with Crippen LogP contribution in [0.1, 0.15) is 30.0 Å². The smallest absolute Gasteiger partial charge is 0.0462 e. The fourth-order valence-corrected chi connectivity index (χ4v) is 3.57. The highest BCUT2D eigenvalue weighted by molar-refractivity contribution is 7.99. The van der Waals surface area contributed by atoms with Gasteiger partial charge in [0, 0.05) is 21.4 Å². The van der Waals surface area contributed by atoms with E-state index >= 15 is 0 Å². The molecule has 0 radical (unpaired) electrons. The van der Waals surface area contributed by atoms with E-state index in [4.69, 9.17) is 11.6 Å². The predicted molar refractivity (Wildman–Crippen MR) is 93.5 cm³/mol. The Morgan fingerprint density at radius 2 is 1.90 bits per heavy atom. The molecule has 0 bridgehead atoms. The van der Waals surface area contributed by atoms with Gasteiger partial charge in [0.25, 0.3) is 0 Å². The lowest BCUT2D eigenvalue weighted by Crippen LogP contribution is -2.14. The van der Waals surface area contributed by atoms with Crippen molar-refractivity contribution < 1.29 is 0 Å². The van der Waals surface area contributed by atoms with Gasteiger partial charge in [0.05, 0.1) is 0 Å². The quantitative estimate of drug-likeness (QED) is 0.695. The lowest BCUT2D eigenvalue weighted by molar-refractivity contribution is 0.669. The molecule has 112 valence electrons. The molecule has 0 aliphatic carbocycles. The van der Waals surface area contributed by atoms with Crippen LogP contribution in [0.3, 0.4) is 0 Å². The van der Waals surface area contributed by atoms with Crippen molar-refractivity contribution in [1.29, 1.82) is 0 Å². The topological polar surface area (TPSA) is 12.0 Å². The summed E-state index contributed by atoms with van der Waals surface area (Å²) in [5, 5.41) is 4.29. The predicted octanol–water partition coefficient (Wildman–Crippen LogP) is 5.61. The van der Waals surface area contributed by atoms with Gasteiger partial charge in [0.15, 0.2) is 0 Å². The maximum Gasteiger partial charge on any atom is 0.0462 e. The van der Waals surface area contributed by atoms with E-state index in [1.54, 1.807) is 11.8 Å². The molecule has 0 fully saturated rings. The summed E-state index contributed by atoms with van der Waals surface area (Å²) in [5.41, 5.74) is 3.80. The first-order valence-electron chi connectivity index (χ1n) is 7.35. The number of hydrogen-bond donors (Lipinski definition) is 1. The van der Waals surface area contributed by atoms with E-state index in [9.17, 15) is 0 Å². The first-order valence-corrected chi connectivity index (χ1v) is 8.54. The standard InChI is InChI=1S/C18H22ClNS/c1-4-10-20-12-15-16(19)6-5-7-18(15)21-17-9-8-13(2)11-14(17)3/h5-9,11,20H,4,10,12H2,1-3H3. The Morgan fingerprint density at radius 3 is 2.62 bits per heavy atom. The average molecular weight is 320 g/mol. The van der Waals surface area contributed by atoms with Gasteiger partial charge in [-0.1, -0.05) is 54.0 Å². The van der Waals surface area contributed by atoms with Crippen LogP contribution in [-0.2, 0) is 6.54 Å². The van der Waals surface area contributed by atoms with Gasteiger partial charge in [0.1, 0.15) is 0 Å². The molecule has 21 heavy (non-hydrogen) atoms. The van der Waals surface area contributed by atoms with Crippen LogP contribution in [0.4, 0.5) is 0 Å². The van der Waals surface area contributed by atoms with E-state index in [1.165, 1.54) is 26.5 Å². The minimum absolute atomic E-state index is 0.820. The summed E-state index contributed by atoms with van der Waals surface area (Å²) in [5.74, 6) is 0. The van der Waals surface area contributed by atoms with Gasteiger partial charge in [-0.2, -0.15) is 0 Å². The van der Waals surface area contributed by atoms with Crippen LogP contribution in [0, 0.1) is 13.8 Å². The Labute approximate surface area is 137 Å². The minimum Gasteiger partial charge on any atom is -0.313 e. The highest BCUT2D eigenvalue weighted by atomic mass is 35.5. The summed E-state index contributed by atoms with van der Waals surface area (Å²) >= 11 is 8.18. The normalized spacial score (nSPS) is 10.9. The van der Waals surface area contributed by atoms with E-state index in [1.807, 2.05) is 12.1 Å². The van der Waals surface area contributed by atoms with Crippen LogP contribution in [0.15, 0.2) is 46.2 Å². The van der Waals surface area contributed by atoms with Crippen molar-refractivity contribution in [3.8, 4) is 0 Å². The Kier molecular flexibility index (Phi) is 6.16. The third-order valence-electron chi connectivity index (χ3n) is 3.35. The first kappa shape index (κ1) is 16.4. The summed E-state index contributed by atoms with van der Waals surface area (Å²) < 4.78 is 0. The third kappa shape index (κ3) is 4.50. The molecule has 0 aromatic heterocycles. The molecule has 0 atom stereocenters. The van der Waals surface area contributed by atoms with E-state index in [2.05, 4.69) is 50.4 Å². The zero-order valence-corrected chi connectivity index (χ0v) is 14.4. The van der Waals surface area contributed by atoms with Gasteiger partial charge in [-0.15, -0.1) is 0 Å². The van der Waals surface area contributed by atoms with Crippen LogP contribution in [0.2, 0.25) is 5.02 Å². The van der Waals surface area contributed by atoms with Gasteiger partial charge in [0.2, 0.25) is 0 Å². The highest BCUT2D eigenvalue weighted by Gasteiger charge is 2.09. The van der Waals surface area contributed by atoms with Crippen LogP contribution in [0.25, 0.3) is 0 Å². The van der Waals surface area contributed by atoms with Crippen molar-refractivity contribution in [2.45, 2.75) is 43.5 Å². The summed E-state index contributed by atoms with van der Waals surface area (Å²) in [6, 6.07) is 12.7. The molecule has 1 N–H and O–H groups in total. The molecular formula is C18H22ClNS. The lowest BCUT2D eigenvalue weighted by Gasteiger charge is -2.13. The summed E-state index contributed by atoms with van der Waals surface area (Å²) in [6.07, 6.45) is 1.13. The van der Waals surface area contributed by atoms with Crippen molar-refractivity contribution in [3.05, 3.63) is 58.1 Å². The lowest BCUT2D eigenvalue weighted by atomic mass is 10.2. The Balaban J connectivity index is 2.24. The first-order chi connectivity index (χ1) is 10.1. The average Bonchev–Trinajstić information content (AvgIpc) is 2.45. The van der Waals surface area contributed by atoms with Crippen LogP contribution >= 0.6 is 23.4 Å². The molecule has 0 unspecified atom stereocenters. The molecule has 2 rings (SSSR count). The number of nitrogens with one attached hydrogen (secondary N) is 1. The molecule has 0 heterocycles. The fourth-order valence-electron chi connectivity index (χ4n) is 2.23. The zero-order valence-electron chi connectivity index (χ0n) is 12.9. The Morgan fingerprint density at radius 1 is 1.10 bits per heavy atom. The van der Waals surface area contributed by atoms with E-state index in [0.717, 1.165) is 24.5 Å². The largest absolute Gasteiger partial charge is 0.313 e. The maximum atomic E-state index is 6.39. The van der Waals surface area contributed by atoms with Gasteiger partial charge >= 0.3 is 0 Å². The van der Waals surface area contributed by atoms with Crippen molar-refractivity contribution in [2.75, 3.05) is 6.54 Å². The number of rotatable bonds is 6. The van der Waals surface area contributed by atoms with Gasteiger partial charge in [-0.05, 0) is 56.1 Å². The zero-order chi connectivity index (χ0) is 15.2. The van der Waals surface area contributed by atoms with Crippen molar-refractivity contribution in [2.24, 2.45) is 0 Å². The molecular weight excluding hydrogens is 298 g/mol. The molecule has 0 aliphatic rings. The van der Waals surface area contributed by atoms with E-state index in [0.29, 0.717) is 0 Å². The number of hydrogen-bond acceptors (Lipinski definition) is 2. The molecule has 3 heteroatoms. The van der Waals surface area contributed by atoms with Crippen LogP contribution < -0.4 is 5.32 Å². The van der Waals surface area contributed by atoms with Gasteiger partial charge in [-0.3, -0.25) is 0 Å². The summed E-state index contributed by atoms with van der Waals surface area (Å²) in [4.78, 5) is 2.53. The molecule has 0 amide bonds. The second-order valence-corrected chi connectivity index (χ2v) is 6.76. The molecule has 0 saturated carbocycles. The Hall–Kier alpha value is -0.960. The molecule has 2 aromatic rings.